The predicted molar refractivity (Wildman–Crippen MR) is 67.1 cm³/mol. The lowest BCUT2D eigenvalue weighted by atomic mass is 10.4. The lowest BCUT2D eigenvalue weighted by molar-refractivity contribution is -0.117. The van der Waals surface area contributed by atoms with Gasteiger partial charge in [0.2, 0.25) is 15.0 Å². The van der Waals surface area contributed by atoms with Gasteiger partial charge in [0, 0.05) is 28.5 Å². The van der Waals surface area contributed by atoms with E-state index in [1.165, 1.54) is 16.2 Å². The molecular formula is C9H11ClN2O3S2. The number of amides is 1. The number of anilines is 1. The number of hydrogen-bond acceptors (Lipinski definition) is 5. The van der Waals surface area contributed by atoms with Crippen molar-refractivity contribution in [3.63, 3.8) is 0 Å². The molecule has 17 heavy (non-hydrogen) atoms. The summed E-state index contributed by atoms with van der Waals surface area (Å²) < 4.78 is 22.4. The van der Waals surface area contributed by atoms with Gasteiger partial charge in [-0.25, -0.2) is 13.4 Å². The molecule has 0 aliphatic carbocycles. The van der Waals surface area contributed by atoms with Gasteiger partial charge in [-0.1, -0.05) is 0 Å². The molecule has 1 fully saturated rings. The van der Waals surface area contributed by atoms with Crippen LogP contribution in [0.4, 0.5) is 5.13 Å². The van der Waals surface area contributed by atoms with Crippen LogP contribution in [0, 0.1) is 13.8 Å². The molecule has 8 heteroatoms. The second-order valence-electron chi connectivity index (χ2n) is 3.94. The predicted octanol–water partition coefficient (Wildman–Crippen LogP) is 1.43. The first-order chi connectivity index (χ1) is 7.79. The van der Waals surface area contributed by atoms with Crippen LogP contribution in [0.5, 0.6) is 0 Å². The monoisotopic (exact) mass is 294 g/mol. The van der Waals surface area contributed by atoms with Gasteiger partial charge in [0.1, 0.15) is 5.25 Å². The summed E-state index contributed by atoms with van der Waals surface area (Å²) in [6, 6.07) is 0. The summed E-state index contributed by atoms with van der Waals surface area (Å²) in [4.78, 5) is 18.4. The van der Waals surface area contributed by atoms with Crippen LogP contribution in [0.15, 0.2) is 0 Å². The Labute approximate surface area is 108 Å². The van der Waals surface area contributed by atoms with E-state index in [0.717, 1.165) is 10.6 Å². The fraction of sp³-hybridized carbons (Fsp3) is 0.556. The number of halogens is 1. The van der Waals surface area contributed by atoms with E-state index < -0.39 is 14.3 Å². The third kappa shape index (κ3) is 2.46. The normalized spacial score (nSPS) is 21.2. The highest BCUT2D eigenvalue weighted by atomic mass is 35.7. The third-order valence-electron chi connectivity index (χ3n) is 2.74. The minimum atomic E-state index is -3.69. The van der Waals surface area contributed by atoms with E-state index >= 15 is 0 Å². The van der Waals surface area contributed by atoms with Crippen LogP contribution in [-0.2, 0) is 13.8 Å². The van der Waals surface area contributed by atoms with Gasteiger partial charge in [-0.15, -0.1) is 11.3 Å². The Kier molecular flexibility index (Phi) is 3.17. The Morgan fingerprint density at radius 1 is 1.47 bits per heavy atom. The van der Waals surface area contributed by atoms with Gasteiger partial charge in [-0.2, -0.15) is 0 Å². The SMILES string of the molecule is Cc1nc(N2CC(S(=O)(=O)Cl)CC2=O)sc1C. The largest absolute Gasteiger partial charge is 0.287 e. The molecule has 1 unspecified atom stereocenters. The molecule has 94 valence electrons. The van der Waals surface area contributed by atoms with Crippen LogP contribution < -0.4 is 4.90 Å². The number of hydrogen-bond donors (Lipinski definition) is 0. The second-order valence-corrected chi connectivity index (χ2v) is 8.03. The molecular weight excluding hydrogens is 284 g/mol. The molecule has 1 aromatic heterocycles. The van der Waals surface area contributed by atoms with Gasteiger partial charge < -0.3 is 0 Å². The Morgan fingerprint density at radius 3 is 2.53 bits per heavy atom. The molecule has 1 saturated heterocycles. The first kappa shape index (κ1) is 12.8. The summed E-state index contributed by atoms with van der Waals surface area (Å²) in [7, 11) is 1.58. The van der Waals surface area contributed by atoms with E-state index in [9.17, 15) is 13.2 Å². The molecule has 5 nitrogen and oxygen atoms in total. The summed E-state index contributed by atoms with van der Waals surface area (Å²) in [6.07, 6.45) is -0.0660. The van der Waals surface area contributed by atoms with Crippen molar-refractivity contribution in [1.29, 1.82) is 0 Å². The first-order valence-corrected chi connectivity index (χ1v) is 8.16. The topological polar surface area (TPSA) is 67.3 Å². The number of aromatic nitrogens is 1. The van der Waals surface area contributed by atoms with Crippen molar-refractivity contribution in [2.45, 2.75) is 25.5 Å². The van der Waals surface area contributed by atoms with Gasteiger partial charge in [0.15, 0.2) is 5.13 Å². The van der Waals surface area contributed by atoms with E-state index in [1.54, 1.807) is 0 Å². The highest BCUT2D eigenvalue weighted by Crippen LogP contribution is 2.31. The molecule has 1 amide bonds. The van der Waals surface area contributed by atoms with Crippen LogP contribution >= 0.6 is 22.0 Å². The first-order valence-electron chi connectivity index (χ1n) is 4.97. The van der Waals surface area contributed by atoms with E-state index in [4.69, 9.17) is 10.7 Å². The molecule has 0 bridgehead atoms. The maximum absolute atomic E-state index is 11.7. The average molecular weight is 295 g/mol. The number of thiazole rings is 1. The van der Waals surface area contributed by atoms with E-state index in [0.29, 0.717) is 5.13 Å². The highest BCUT2D eigenvalue weighted by molar-refractivity contribution is 8.14. The average Bonchev–Trinajstić information content (AvgIpc) is 2.71. The highest BCUT2D eigenvalue weighted by Gasteiger charge is 2.39. The summed E-state index contributed by atoms with van der Waals surface area (Å²) >= 11 is 1.38. The molecule has 1 aromatic rings. The Balaban J connectivity index is 2.27. The van der Waals surface area contributed by atoms with Crippen molar-refractivity contribution >= 4 is 42.1 Å². The van der Waals surface area contributed by atoms with Crippen LogP contribution in [0.1, 0.15) is 17.0 Å². The van der Waals surface area contributed by atoms with Gasteiger partial charge in [0.05, 0.1) is 5.69 Å². The van der Waals surface area contributed by atoms with Crippen molar-refractivity contribution in [3.05, 3.63) is 10.6 Å². The molecule has 0 spiro atoms. The second kappa shape index (κ2) is 4.22. The third-order valence-corrected chi connectivity index (χ3v) is 5.70. The Morgan fingerprint density at radius 2 is 2.12 bits per heavy atom. The molecule has 0 radical (unpaired) electrons. The van der Waals surface area contributed by atoms with Crippen LogP contribution in [0.2, 0.25) is 0 Å². The molecule has 0 saturated carbocycles. The molecule has 2 heterocycles. The van der Waals surface area contributed by atoms with Crippen molar-refractivity contribution < 1.29 is 13.2 Å². The number of nitrogens with zero attached hydrogens (tertiary/aromatic N) is 2. The van der Waals surface area contributed by atoms with Gasteiger partial charge in [0.25, 0.3) is 0 Å². The fourth-order valence-corrected chi connectivity index (χ4v) is 3.58. The van der Waals surface area contributed by atoms with E-state index in [2.05, 4.69) is 4.98 Å². The minimum Gasteiger partial charge on any atom is -0.287 e. The zero-order chi connectivity index (χ0) is 12.8. The molecule has 1 aliphatic heterocycles. The van der Waals surface area contributed by atoms with Gasteiger partial charge in [-0.05, 0) is 13.8 Å². The maximum atomic E-state index is 11.7. The zero-order valence-corrected chi connectivity index (χ0v) is 11.7. The van der Waals surface area contributed by atoms with Crippen molar-refractivity contribution in [1.82, 2.24) is 4.98 Å². The maximum Gasteiger partial charge on any atom is 0.237 e. The molecule has 1 atom stereocenters. The number of carbonyl (C=O) groups is 1. The Bertz CT molecular complexity index is 547. The molecule has 2 rings (SSSR count). The minimum absolute atomic E-state index is 0.0660. The molecule has 1 aliphatic rings. The number of carbonyl (C=O) groups excluding carboxylic acids is 1. The van der Waals surface area contributed by atoms with E-state index in [1.807, 2.05) is 13.8 Å². The number of rotatable bonds is 2. The van der Waals surface area contributed by atoms with Gasteiger partial charge in [-0.3, -0.25) is 9.69 Å². The standard InChI is InChI=1S/C9H11ClN2O3S2/c1-5-6(2)16-9(11-5)12-4-7(3-8(12)13)17(10,14)15/h7H,3-4H2,1-2H3. The molecule has 0 N–H and O–H groups in total. The van der Waals surface area contributed by atoms with Crippen molar-refractivity contribution in [2.75, 3.05) is 11.4 Å². The zero-order valence-electron chi connectivity index (χ0n) is 9.31. The summed E-state index contributed by atoms with van der Waals surface area (Å²) in [5.41, 5.74) is 0.856. The summed E-state index contributed by atoms with van der Waals surface area (Å²) in [6.45, 7) is 3.86. The van der Waals surface area contributed by atoms with Crippen molar-refractivity contribution in [3.8, 4) is 0 Å². The lowest BCUT2D eigenvalue weighted by Gasteiger charge is -2.11. The molecule has 0 aromatic carbocycles. The smallest absolute Gasteiger partial charge is 0.237 e. The van der Waals surface area contributed by atoms with Crippen LogP contribution in [-0.4, -0.2) is 31.1 Å². The lowest BCUT2D eigenvalue weighted by Crippen LogP contribution is -2.26. The fourth-order valence-electron chi connectivity index (χ4n) is 1.62. The summed E-state index contributed by atoms with van der Waals surface area (Å²) in [5.74, 6) is -0.243. The Hall–Kier alpha value is -0.660. The number of aryl methyl sites for hydroxylation is 2. The van der Waals surface area contributed by atoms with Crippen LogP contribution in [0.3, 0.4) is 0 Å². The van der Waals surface area contributed by atoms with Gasteiger partial charge >= 0.3 is 0 Å². The van der Waals surface area contributed by atoms with Crippen LogP contribution in [0.25, 0.3) is 0 Å². The quantitative estimate of drug-likeness (QED) is 0.774. The van der Waals surface area contributed by atoms with Crippen molar-refractivity contribution in [2.24, 2.45) is 0 Å². The van der Waals surface area contributed by atoms with E-state index in [-0.39, 0.29) is 18.9 Å². The summed E-state index contributed by atoms with van der Waals surface area (Å²) in [5, 5.41) is -0.283.